The maximum Gasteiger partial charge on any atom is 0.416 e. The number of halogens is 3. The minimum atomic E-state index is -4.37. The summed E-state index contributed by atoms with van der Waals surface area (Å²) >= 11 is 0. The van der Waals surface area contributed by atoms with E-state index in [1.54, 1.807) is 12.1 Å². The van der Waals surface area contributed by atoms with Crippen molar-refractivity contribution in [2.75, 3.05) is 18.4 Å². The molecule has 0 radical (unpaired) electrons. The van der Waals surface area contributed by atoms with E-state index in [9.17, 15) is 18.0 Å². The summed E-state index contributed by atoms with van der Waals surface area (Å²) in [5, 5.41) is 2.94. The lowest BCUT2D eigenvalue weighted by Gasteiger charge is -2.30. The van der Waals surface area contributed by atoms with Gasteiger partial charge in [0.05, 0.1) is 5.56 Å². The van der Waals surface area contributed by atoms with Crippen molar-refractivity contribution >= 4 is 17.4 Å². The standard InChI is InChI=1S/C19H20F3N3O/c1-13-7-10-25(11-8-13)18(26)14-6-9-23-17(12-14)24-16-4-2-15(3-5-16)19(20,21)22/h2-6,9,12-13H,7-8,10-11H2,1H3,(H,23,24). The number of hydrogen-bond donors (Lipinski definition) is 1. The second-order valence-corrected chi connectivity index (χ2v) is 6.60. The molecule has 0 aliphatic carbocycles. The van der Waals surface area contributed by atoms with Crippen LogP contribution in [0.3, 0.4) is 0 Å². The van der Waals surface area contributed by atoms with Crippen molar-refractivity contribution in [1.82, 2.24) is 9.88 Å². The molecule has 0 saturated carbocycles. The maximum absolute atomic E-state index is 12.6. The van der Waals surface area contributed by atoms with Crippen LogP contribution in [0, 0.1) is 5.92 Å². The van der Waals surface area contributed by atoms with Crippen LogP contribution in [-0.2, 0) is 6.18 Å². The molecule has 0 bridgehead atoms. The Kier molecular flexibility index (Phi) is 5.15. The fourth-order valence-corrected chi connectivity index (χ4v) is 2.92. The lowest BCUT2D eigenvalue weighted by molar-refractivity contribution is -0.137. The van der Waals surface area contributed by atoms with E-state index in [4.69, 9.17) is 0 Å². The number of piperidine rings is 1. The SMILES string of the molecule is CC1CCN(C(=O)c2ccnc(Nc3ccc(C(F)(F)F)cc3)c2)CC1. The average Bonchev–Trinajstić information content (AvgIpc) is 2.62. The molecule has 4 nitrogen and oxygen atoms in total. The highest BCUT2D eigenvalue weighted by Crippen LogP contribution is 2.30. The summed E-state index contributed by atoms with van der Waals surface area (Å²) in [6.07, 6.45) is -0.859. The number of carbonyl (C=O) groups is 1. The molecule has 1 N–H and O–H groups in total. The zero-order valence-electron chi connectivity index (χ0n) is 14.4. The van der Waals surface area contributed by atoms with Crippen molar-refractivity contribution in [2.24, 2.45) is 5.92 Å². The van der Waals surface area contributed by atoms with Gasteiger partial charge in [0, 0.05) is 30.5 Å². The van der Waals surface area contributed by atoms with E-state index in [1.807, 2.05) is 4.90 Å². The molecular weight excluding hydrogens is 343 g/mol. The number of rotatable bonds is 3. The van der Waals surface area contributed by atoms with Crippen LogP contribution in [0.15, 0.2) is 42.6 Å². The lowest BCUT2D eigenvalue weighted by Crippen LogP contribution is -2.37. The number of alkyl halides is 3. The number of anilines is 2. The Bertz CT molecular complexity index is 766. The molecule has 26 heavy (non-hydrogen) atoms. The van der Waals surface area contributed by atoms with Crippen molar-refractivity contribution < 1.29 is 18.0 Å². The number of amides is 1. The fourth-order valence-electron chi connectivity index (χ4n) is 2.92. The summed E-state index contributed by atoms with van der Waals surface area (Å²) in [6, 6.07) is 7.96. The van der Waals surface area contributed by atoms with E-state index < -0.39 is 11.7 Å². The van der Waals surface area contributed by atoms with Gasteiger partial charge in [0.2, 0.25) is 0 Å². The highest BCUT2D eigenvalue weighted by molar-refractivity contribution is 5.95. The van der Waals surface area contributed by atoms with Crippen molar-refractivity contribution in [2.45, 2.75) is 25.9 Å². The minimum absolute atomic E-state index is 0.0465. The topological polar surface area (TPSA) is 45.2 Å². The Labute approximate surface area is 150 Å². The van der Waals surface area contributed by atoms with Gasteiger partial charge < -0.3 is 10.2 Å². The normalized spacial score (nSPS) is 15.8. The average molecular weight is 363 g/mol. The number of carbonyl (C=O) groups excluding carboxylic acids is 1. The van der Waals surface area contributed by atoms with E-state index in [1.165, 1.54) is 18.3 Å². The zero-order valence-corrected chi connectivity index (χ0v) is 14.4. The summed E-state index contributed by atoms with van der Waals surface area (Å²) < 4.78 is 37.8. The first-order valence-electron chi connectivity index (χ1n) is 8.52. The second-order valence-electron chi connectivity index (χ2n) is 6.60. The summed E-state index contributed by atoms with van der Waals surface area (Å²) in [7, 11) is 0. The molecule has 138 valence electrons. The van der Waals surface area contributed by atoms with Crippen LogP contribution in [0.25, 0.3) is 0 Å². The Morgan fingerprint density at radius 3 is 2.42 bits per heavy atom. The van der Waals surface area contributed by atoms with Crippen molar-refractivity contribution in [3.63, 3.8) is 0 Å². The van der Waals surface area contributed by atoms with Crippen molar-refractivity contribution in [1.29, 1.82) is 0 Å². The molecule has 3 rings (SSSR count). The first-order chi connectivity index (χ1) is 12.3. The van der Waals surface area contributed by atoms with Gasteiger partial charge in [0.1, 0.15) is 5.82 Å². The summed E-state index contributed by atoms with van der Waals surface area (Å²) in [4.78, 5) is 18.6. The number of benzene rings is 1. The third-order valence-corrected chi connectivity index (χ3v) is 4.56. The van der Waals surface area contributed by atoms with Crippen LogP contribution >= 0.6 is 0 Å². The van der Waals surface area contributed by atoms with Crippen LogP contribution in [0.1, 0.15) is 35.7 Å². The minimum Gasteiger partial charge on any atom is -0.340 e. The quantitative estimate of drug-likeness (QED) is 0.859. The predicted octanol–water partition coefficient (Wildman–Crippen LogP) is 4.72. The van der Waals surface area contributed by atoms with E-state index in [0.29, 0.717) is 23.0 Å². The largest absolute Gasteiger partial charge is 0.416 e. The Morgan fingerprint density at radius 2 is 1.81 bits per heavy atom. The summed E-state index contributed by atoms with van der Waals surface area (Å²) in [5.41, 5.74) is 0.283. The fraction of sp³-hybridized carbons (Fsp3) is 0.368. The molecule has 1 aliphatic heterocycles. The number of aromatic nitrogens is 1. The Balaban J connectivity index is 1.70. The molecule has 1 aliphatic rings. The van der Waals surface area contributed by atoms with Gasteiger partial charge in [-0.15, -0.1) is 0 Å². The van der Waals surface area contributed by atoms with Gasteiger partial charge >= 0.3 is 6.18 Å². The smallest absolute Gasteiger partial charge is 0.340 e. The van der Waals surface area contributed by atoms with Crippen LogP contribution in [-0.4, -0.2) is 28.9 Å². The van der Waals surface area contributed by atoms with E-state index in [2.05, 4.69) is 17.2 Å². The molecule has 1 aromatic carbocycles. The van der Waals surface area contributed by atoms with Crippen LogP contribution in [0.4, 0.5) is 24.7 Å². The lowest BCUT2D eigenvalue weighted by atomic mass is 9.99. The molecule has 0 atom stereocenters. The molecule has 2 aromatic rings. The molecule has 1 amide bonds. The highest BCUT2D eigenvalue weighted by Gasteiger charge is 2.30. The van der Waals surface area contributed by atoms with Crippen molar-refractivity contribution in [3.05, 3.63) is 53.7 Å². The van der Waals surface area contributed by atoms with Crippen LogP contribution in [0.2, 0.25) is 0 Å². The van der Waals surface area contributed by atoms with Gasteiger partial charge in [-0.3, -0.25) is 4.79 Å². The Morgan fingerprint density at radius 1 is 1.15 bits per heavy atom. The summed E-state index contributed by atoms with van der Waals surface area (Å²) in [6.45, 7) is 3.66. The second kappa shape index (κ2) is 7.35. The Hall–Kier alpha value is -2.57. The molecule has 1 fully saturated rings. The number of nitrogens with one attached hydrogen (secondary N) is 1. The maximum atomic E-state index is 12.6. The van der Waals surface area contributed by atoms with Crippen LogP contribution in [0.5, 0.6) is 0 Å². The molecule has 1 aromatic heterocycles. The third-order valence-electron chi connectivity index (χ3n) is 4.56. The number of pyridine rings is 1. The third kappa shape index (κ3) is 4.33. The van der Waals surface area contributed by atoms with Crippen molar-refractivity contribution in [3.8, 4) is 0 Å². The molecule has 2 heterocycles. The van der Waals surface area contributed by atoms with Crippen LogP contribution < -0.4 is 5.32 Å². The van der Waals surface area contributed by atoms with E-state index in [0.717, 1.165) is 38.1 Å². The first kappa shape index (κ1) is 18.2. The van der Waals surface area contributed by atoms with Gasteiger partial charge in [-0.2, -0.15) is 13.2 Å². The first-order valence-corrected chi connectivity index (χ1v) is 8.52. The number of likely N-dealkylation sites (tertiary alicyclic amines) is 1. The van der Waals surface area contributed by atoms with Gasteiger partial charge in [-0.1, -0.05) is 6.92 Å². The van der Waals surface area contributed by atoms with Gasteiger partial charge in [-0.05, 0) is 55.2 Å². The monoisotopic (exact) mass is 363 g/mol. The molecule has 0 unspecified atom stereocenters. The number of hydrogen-bond acceptors (Lipinski definition) is 3. The van der Waals surface area contributed by atoms with E-state index >= 15 is 0 Å². The highest BCUT2D eigenvalue weighted by atomic mass is 19.4. The molecule has 0 spiro atoms. The summed E-state index contributed by atoms with van der Waals surface area (Å²) in [5.74, 6) is 1.00. The van der Waals surface area contributed by atoms with Gasteiger partial charge in [-0.25, -0.2) is 4.98 Å². The predicted molar refractivity (Wildman–Crippen MR) is 93.3 cm³/mol. The van der Waals surface area contributed by atoms with Gasteiger partial charge in [0.15, 0.2) is 0 Å². The van der Waals surface area contributed by atoms with Gasteiger partial charge in [0.25, 0.3) is 5.91 Å². The number of nitrogens with zero attached hydrogens (tertiary/aromatic N) is 2. The molecule has 7 heteroatoms. The van der Waals surface area contributed by atoms with E-state index in [-0.39, 0.29) is 5.91 Å². The molecule has 1 saturated heterocycles. The molecular formula is C19H20F3N3O. The zero-order chi connectivity index (χ0) is 18.7.